The molecule has 0 amide bonds. The molecule has 0 unspecified atom stereocenters. The van der Waals surface area contributed by atoms with Gasteiger partial charge in [-0.15, -0.1) is 0 Å². The second-order valence-electron chi connectivity index (χ2n) is 24.5. The van der Waals surface area contributed by atoms with Gasteiger partial charge in [0.2, 0.25) is 0 Å². The Morgan fingerprint density at radius 2 is 0.344 bits per heavy atom. The molecule has 12 N–H and O–H groups in total. The maximum Gasteiger partial charge on any atom is 0.303 e. The number of hydrogen-bond donors (Lipinski definition) is 12. The molecule has 90 heavy (non-hydrogen) atoms. The van der Waals surface area contributed by atoms with Gasteiger partial charge in [0.15, 0.2) is 0 Å². The summed E-state index contributed by atoms with van der Waals surface area (Å²) in [6.45, 7) is 4.63. The van der Waals surface area contributed by atoms with Crippen LogP contribution in [0.15, 0.2) is 36.5 Å². The smallest absolute Gasteiger partial charge is 0.303 e. The molecule has 0 spiro atoms. The number of aliphatic hydroxyl groups is 9. The Kier molecular flexibility index (Phi) is 104. The van der Waals surface area contributed by atoms with Gasteiger partial charge in [-0.1, -0.05) is 288 Å². The van der Waals surface area contributed by atoms with Crippen LogP contribution < -0.4 is 0 Å². The SMILES string of the molecule is CCCCCCCC/C=C\CCCCCCCCCCCC(=O)O.CCCCCCCC/C=C\CCCCCCCCCCCC(=O)O.CCCCCCCC/C=C\CCCCCCCCCCCC(=O)O.OCC(O)CO.OCC(O)CO.OCC(O)CO. The molecule has 0 aliphatic heterocycles. The zero-order valence-electron chi connectivity index (χ0n) is 58.7. The van der Waals surface area contributed by atoms with Gasteiger partial charge >= 0.3 is 17.9 Å². The fraction of sp³-hybridized carbons (Fsp3) is 0.880. The molecule has 0 radical (unpaired) electrons. The molecule has 0 bridgehead atoms. The minimum absolute atomic E-state index is 0.340. The number of aliphatic carboxylic acids is 3. The van der Waals surface area contributed by atoms with Crippen LogP contribution in [0, 0.1) is 0 Å². The van der Waals surface area contributed by atoms with Crippen molar-refractivity contribution in [1.82, 2.24) is 0 Å². The molecule has 0 heterocycles. The van der Waals surface area contributed by atoms with Crippen molar-refractivity contribution in [2.75, 3.05) is 39.6 Å². The van der Waals surface area contributed by atoms with E-state index in [0.717, 1.165) is 38.5 Å². The van der Waals surface area contributed by atoms with Crippen molar-refractivity contribution in [2.45, 2.75) is 386 Å². The lowest BCUT2D eigenvalue weighted by atomic mass is 10.1. The van der Waals surface area contributed by atoms with Crippen LogP contribution in [-0.4, -0.2) is 137 Å². The summed E-state index contributed by atoms with van der Waals surface area (Å²) in [5.74, 6) is -1.97. The van der Waals surface area contributed by atoms with Crippen LogP contribution in [0.25, 0.3) is 0 Å². The van der Waals surface area contributed by atoms with E-state index in [-0.39, 0.29) is 39.6 Å². The first-order valence-corrected chi connectivity index (χ1v) is 37.0. The summed E-state index contributed by atoms with van der Waals surface area (Å²) < 4.78 is 0. The molecule has 0 aliphatic carbocycles. The number of carboxylic acids is 3. The molecular weight excluding hydrogens is 1140 g/mol. The number of rotatable bonds is 63. The highest BCUT2D eigenvalue weighted by molar-refractivity contribution is 5.67. The largest absolute Gasteiger partial charge is 0.481 e. The monoisotopic (exact) mass is 1290 g/mol. The molecule has 0 atom stereocenters. The summed E-state index contributed by atoms with van der Waals surface area (Å²) in [6, 6.07) is 0. The number of allylic oxidation sites excluding steroid dienone is 6. The standard InChI is InChI=1S/3C22H42O2.3C3H8O3/c3*1-2-3-4-5-6-7-8-9-10-11-12-13-14-15-16-17-18-19-20-21-22(23)24;3*4-1-3(6)2-5/h3*9-10H,2-8,11-21H2,1H3,(H,23,24);3*3-6H,1-2H2/b3*10-9-;;;. The zero-order valence-corrected chi connectivity index (χ0v) is 58.7. The van der Waals surface area contributed by atoms with Crippen LogP contribution >= 0.6 is 0 Å². The van der Waals surface area contributed by atoms with Crippen LogP contribution in [0.4, 0.5) is 0 Å². The van der Waals surface area contributed by atoms with Gasteiger partial charge in [-0.25, -0.2) is 0 Å². The normalized spacial score (nSPS) is 11.1. The van der Waals surface area contributed by atoms with E-state index in [1.807, 2.05) is 0 Å². The Labute approximate surface area is 553 Å². The van der Waals surface area contributed by atoms with Crippen molar-refractivity contribution in [3.63, 3.8) is 0 Å². The van der Waals surface area contributed by atoms with Crippen LogP contribution in [0.2, 0.25) is 0 Å². The average Bonchev–Trinajstić information content (AvgIpc) is 3.54. The van der Waals surface area contributed by atoms with Gasteiger partial charge in [-0.05, 0) is 96.3 Å². The van der Waals surface area contributed by atoms with E-state index in [4.69, 9.17) is 61.3 Å². The van der Waals surface area contributed by atoms with Crippen LogP contribution in [-0.2, 0) is 14.4 Å². The van der Waals surface area contributed by atoms with Crippen molar-refractivity contribution in [3.05, 3.63) is 36.5 Å². The van der Waals surface area contributed by atoms with E-state index < -0.39 is 36.2 Å². The van der Waals surface area contributed by atoms with Crippen molar-refractivity contribution >= 4 is 17.9 Å². The lowest BCUT2D eigenvalue weighted by Crippen LogP contribution is -2.15. The molecule has 0 fully saturated rings. The fourth-order valence-electron chi connectivity index (χ4n) is 9.34. The third kappa shape index (κ3) is 116. The topological polar surface area (TPSA) is 294 Å². The van der Waals surface area contributed by atoms with E-state index in [1.165, 1.54) is 289 Å². The number of carboxylic acid groups (broad SMARTS) is 3. The maximum atomic E-state index is 10.4. The van der Waals surface area contributed by atoms with Gasteiger partial charge < -0.3 is 61.3 Å². The van der Waals surface area contributed by atoms with Gasteiger partial charge in [-0.2, -0.15) is 0 Å². The lowest BCUT2D eigenvalue weighted by Gasteiger charge is -2.01. The second-order valence-corrected chi connectivity index (χ2v) is 24.5. The number of carbonyl (C=O) groups is 3. The number of aliphatic hydroxyl groups excluding tert-OH is 9. The van der Waals surface area contributed by atoms with Gasteiger partial charge in [-0.3, -0.25) is 14.4 Å². The highest BCUT2D eigenvalue weighted by Gasteiger charge is 2.01. The molecule has 0 saturated carbocycles. The van der Waals surface area contributed by atoms with Crippen LogP contribution in [0.5, 0.6) is 0 Å². The molecule has 0 aromatic heterocycles. The minimum Gasteiger partial charge on any atom is -0.481 e. The van der Waals surface area contributed by atoms with E-state index in [2.05, 4.69) is 57.2 Å². The Balaban J connectivity index is -0.000000257. The molecule has 0 aromatic rings. The molecule has 540 valence electrons. The van der Waals surface area contributed by atoms with E-state index in [9.17, 15) is 14.4 Å². The Morgan fingerprint density at radius 1 is 0.222 bits per heavy atom. The summed E-state index contributed by atoms with van der Waals surface area (Å²) >= 11 is 0. The molecule has 15 nitrogen and oxygen atoms in total. The quantitative estimate of drug-likeness (QED) is 0.0199. The summed E-state index contributed by atoms with van der Waals surface area (Å²) in [6.07, 6.45) is 78.5. The van der Waals surface area contributed by atoms with Gasteiger partial charge in [0, 0.05) is 19.3 Å². The third-order valence-electron chi connectivity index (χ3n) is 15.2. The molecular formula is C75H150O15. The molecule has 0 saturated heterocycles. The van der Waals surface area contributed by atoms with E-state index in [0.29, 0.717) is 19.3 Å². The molecule has 0 aliphatic rings. The number of unbranched alkanes of at least 4 members (excludes halogenated alkanes) is 45. The first-order valence-electron chi connectivity index (χ1n) is 37.0. The van der Waals surface area contributed by atoms with Crippen molar-refractivity contribution in [1.29, 1.82) is 0 Å². The highest BCUT2D eigenvalue weighted by atomic mass is 16.4. The Hall–Kier alpha value is -2.73. The summed E-state index contributed by atoms with van der Waals surface area (Å²) in [4.78, 5) is 31.1. The minimum atomic E-state index is -0.954. The first kappa shape index (κ1) is 98.3. The zero-order chi connectivity index (χ0) is 68.1. The van der Waals surface area contributed by atoms with E-state index in [1.54, 1.807) is 0 Å². The Bertz CT molecular complexity index is 1220. The fourth-order valence-corrected chi connectivity index (χ4v) is 9.34. The first-order chi connectivity index (χ1) is 43.7. The van der Waals surface area contributed by atoms with Gasteiger partial charge in [0.1, 0.15) is 18.3 Å². The summed E-state index contributed by atoms with van der Waals surface area (Å²) in [5, 5.41) is 97.7. The maximum absolute atomic E-state index is 10.4. The van der Waals surface area contributed by atoms with Crippen LogP contribution in [0.1, 0.15) is 367 Å². The summed E-state index contributed by atoms with van der Waals surface area (Å²) in [7, 11) is 0. The highest BCUT2D eigenvalue weighted by Crippen LogP contribution is 2.16. The van der Waals surface area contributed by atoms with Crippen molar-refractivity contribution in [3.8, 4) is 0 Å². The van der Waals surface area contributed by atoms with Crippen molar-refractivity contribution < 1.29 is 75.7 Å². The van der Waals surface area contributed by atoms with Gasteiger partial charge in [0.05, 0.1) is 39.6 Å². The predicted octanol–water partition coefficient (Wildman–Crippen LogP) is 18.0. The second kappa shape index (κ2) is 95.0. The average molecular weight is 1290 g/mol. The van der Waals surface area contributed by atoms with Crippen LogP contribution in [0.3, 0.4) is 0 Å². The van der Waals surface area contributed by atoms with E-state index >= 15 is 0 Å². The summed E-state index contributed by atoms with van der Waals surface area (Å²) in [5.41, 5.74) is 0. The lowest BCUT2D eigenvalue weighted by molar-refractivity contribution is -0.138. The predicted molar refractivity (Wildman–Crippen MR) is 377 cm³/mol. The third-order valence-corrected chi connectivity index (χ3v) is 15.2. The van der Waals surface area contributed by atoms with Crippen molar-refractivity contribution in [2.24, 2.45) is 0 Å². The number of hydrogen-bond acceptors (Lipinski definition) is 12. The van der Waals surface area contributed by atoms with Gasteiger partial charge in [0.25, 0.3) is 0 Å². The molecule has 0 aromatic carbocycles. The molecule has 15 heteroatoms. The molecule has 0 rings (SSSR count). The Morgan fingerprint density at radius 3 is 0.456 bits per heavy atom.